The zero-order valence-electron chi connectivity index (χ0n) is 48.4. The van der Waals surface area contributed by atoms with Gasteiger partial charge in [0.1, 0.15) is 57.5 Å². The van der Waals surface area contributed by atoms with Gasteiger partial charge in [0, 0.05) is 103 Å². The molecule has 0 aliphatic heterocycles. The number of nitrogens with one attached hydrogen (secondary N) is 4. The van der Waals surface area contributed by atoms with E-state index in [1.54, 1.807) is 61.2 Å². The summed E-state index contributed by atoms with van der Waals surface area (Å²) in [4.78, 5) is 32.6. The number of rotatable bonds is 12. The molecule has 0 saturated heterocycles. The third-order valence-corrected chi connectivity index (χ3v) is 13.4. The molecule has 0 fully saturated rings. The molecule has 13 rings (SSSR count). The molecule has 0 atom stereocenters. The number of amidine groups is 4. The number of nitrogen functional groups attached to an aromatic ring is 8. The maximum absolute atomic E-state index is 7.74. The predicted molar refractivity (Wildman–Crippen MR) is 360 cm³/mol. The summed E-state index contributed by atoms with van der Waals surface area (Å²) >= 11 is 0. The lowest BCUT2D eigenvalue weighted by Crippen LogP contribution is -2.12. The van der Waals surface area contributed by atoms with E-state index in [1.165, 1.54) is 24.8 Å². The minimum atomic E-state index is -0.106. The number of hydrogen-bond donors (Lipinski definition) is 12. The summed E-state index contributed by atoms with van der Waals surface area (Å²) in [6, 6.07) is 48.6. The molecule has 92 heavy (non-hydrogen) atoms. The van der Waals surface area contributed by atoms with E-state index in [2.05, 4.69) is 80.8 Å². The molecule has 13 aromatic rings. The number of hydrogen-bond acceptors (Lipinski definition) is 24. The normalized spacial score (nSPS) is 11.2. The summed E-state index contributed by atoms with van der Waals surface area (Å²) in [5, 5.41) is 72.0. The van der Waals surface area contributed by atoms with Crippen LogP contribution < -0.4 is 45.9 Å². The number of benzene rings is 6. The lowest BCUT2D eigenvalue weighted by atomic mass is 10.0. The van der Waals surface area contributed by atoms with Crippen molar-refractivity contribution in [1.82, 2.24) is 39.9 Å². The molecule has 0 aliphatic carbocycles. The summed E-state index contributed by atoms with van der Waals surface area (Å²) in [7, 11) is 0. The van der Waals surface area contributed by atoms with E-state index in [1.807, 2.05) is 121 Å². The predicted octanol–water partition coefficient (Wildman–Crippen LogP) is 12.8. The van der Waals surface area contributed by atoms with E-state index in [4.69, 9.17) is 67.5 Å². The Morgan fingerprint density at radius 3 is 1.12 bits per heavy atom. The third kappa shape index (κ3) is 14.5. The van der Waals surface area contributed by atoms with Crippen LogP contribution in [0.4, 0.5) is 69.2 Å². The van der Waals surface area contributed by atoms with Crippen LogP contribution in [-0.2, 0) is 0 Å². The molecular formula is C64H54N28. The molecule has 0 radical (unpaired) electrons. The van der Waals surface area contributed by atoms with Gasteiger partial charge in [-0.15, -0.1) is 40.9 Å². The molecule has 0 saturated carbocycles. The molecule has 0 aliphatic rings. The van der Waals surface area contributed by atoms with E-state index in [-0.39, 0.29) is 35.1 Å². The van der Waals surface area contributed by atoms with E-state index in [0.29, 0.717) is 79.8 Å². The molecule has 20 N–H and O–H groups in total. The van der Waals surface area contributed by atoms with Gasteiger partial charge in [-0.05, 0) is 41.8 Å². The van der Waals surface area contributed by atoms with Gasteiger partial charge in [0.05, 0.1) is 17.4 Å². The highest BCUT2D eigenvalue weighted by atomic mass is 15.2. The Kier molecular flexibility index (Phi) is 18.7. The van der Waals surface area contributed by atoms with Crippen LogP contribution in [0, 0.1) is 21.6 Å². The quantitative estimate of drug-likeness (QED) is 0.0307. The van der Waals surface area contributed by atoms with Crippen LogP contribution >= 0.6 is 0 Å². The van der Waals surface area contributed by atoms with Gasteiger partial charge < -0.3 is 45.9 Å². The minimum Gasteiger partial charge on any atom is -0.384 e. The van der Waals surface area contributed by atoms with Gasteiger partial charge in [-0.25, -0.2) is 34.9 Å². The number of azo groups is 4. The smallest absolute Gasteiger partial charge is 0.268 e. The molecule has 7 aromatic heterocycles. The summed E-state index contributed by atoms with van der Waals surface area (Å²) in [6.45, 7) is 0. The topological polar surface area (TPSA) is 506 Å². The minimum absolute atomic E-state index is 0.0205. The van der Waals surface area contributed by atoms with Crippen molar-refractivity contribution >= 4 is 146 Å². The Hall–Kier alpha value is -13.9. The van der Waals surface area contributed by atoms with Crippen LogP contribution in [0.3, 0.4) is 0 Å². The number of pyridine rings is 6. The molecule has 6 aromatic carbocycles. The van der Waals surface area contributed by atoms with Crippen molar-refractivity contribution in [3.8, 4) is 0 Å². The zero-order chi connectivity index (χ0) is 64.7. The summed E-state index contributed by atoms with van der Waals surface area (Å²) in [5.74, 6) is 1.57. The van der Waals surface area contributed by atoms with Crippen LogP contribution in [0.5, 0.6) is 0 Å². The summed E-state index contributed by atoms with van der Waals surface area (Å²) < 4.78 is 0. The lowest BCUT2D eigenvalue weighted by molar-refractivity contribution is 1.06. The largest absolute Gasteiger partial charge is 0.384 e. The number of nitrogens with two attached hydrogens (primary N) is 8. The first-order valence-electron chi connectivity index (χ1n) is 27.4. The summed E-state index contributed by atoms with van der Waals surface area (Å²) in [6.07, 6.45) is 12.6. The van der Waals surface area contributed by atoms with Gasteiger partial charge in [0.15, 0.2) is 29.1 Å². The van der Waals surface area contributed by atoms with Crippen molar-refractivity contribution in [2.45, 2.75) is 0 Å². The number of fused-ring (bicyclic) bond motifs is 5. The van der Waals surface area contributed by atoms with Gasteiger partial charge in [0.2, 0.25) is 0 Å². The van der Waals surface area contributed by atoms with Gasteiger partial charge in [-0.1, -0.05) is 121 Å². The molecule has 0 amide bonds. The fourth-order valence-electron chi connectivity index (χ4n) is 8.81. The Labute approximate surface area is 522 Å². The Balaban J connectivity index is 0.000000135. The number of nitrogens with zero attached hydrogens (tertiary/aromatic N) is 16. The van der Waals surface area contributed by atoms with Crippen molar-refractivity contribution in [2.75, 3.05) is 22.9 Å². The third-order valence-electron chi connectivity index (χ3n) is 13.4. The summed E-state index contributed by atoms with van der Waals surface area (Å²) in [5.41, 5.74) is 50.7. The van der Waals surface area contributed by atoms with Crippen LogP contribution in [0.1, 0.15) is 22.4 Å². The first-order valence-corrected chi connectivity index (χ1v) is 27.4. The van der Waals surface area contributed by atoms with Crippen molar-refractivity contribution in [1.29, 1.82) is 21.6 Å². The van der Waals surface area contributed by atoms with Crippen LogP contribution in [0.25, 0.3) is 53.9 Å². The zero-order valence-corrected chi connectivity index (χ0v) is 48.4. The van der Waals surface area contributed by atoms with Crippen molar-refractivity contribution in [3.63, 3.8) is 0 Å². The van der Waals surface area contributed by atoms with E-state index < -0.39 is 0 Å². The second-order valence-corrected chi connectivity index (χ2v) is 19.5. The molecule has 7 heterocycles. The molecule has 0 bridgehead atoms. The average Bonchev–Trinajstić information content (AvgIpc) is 1.11. The van der Waals surface area contributed by atoms with E-state index in [0.717, 1.165) is 53.9 Å². The lowest BCUT2D eigenvalue weighted by Gasteiger charge is -2.07. The highest BCUT2D eigenvalue weighted by Gasteiger charge is 2.12. The van der Waals surface area contributed by atoms with E-state index >= 15 is 0 Å². The van der Waals surface area contributed by atoms with Gasteiger partial charge in [-0.2, -0.15) is 0 Å². The SMILES string of the molecule is N=C(N)c1ccc(N=Nc2c(N)ncc3ccccc23)c2ccccc12.N=C(N)c1ccc(N=Nc2c(N)ncc3ccccc23)cn1.N=C(N)c1ccc(N=Nc2c(N)ncc3ccccc23)nc1.N=C(N)c1cnc(N=Nc2c(N)ncc3ccccc23)nc1. The van der Waals surface area contributed by atoms with Crippen molar-refractivity contribution in [3.05, 3.63) is 230 Å². The molecular weight excluding hydrogens is 1160 g/mol. The molecule has 28 nitrogen and oxygen atoms in total. The van der Waals surface area contributed by atoms with Gasteiger partial charge in [-0.3, -0.25) is 26.6 Å². The fourth-order valence-corrected chi connectivity index (χ4v) is 8.81. The fraction of sp³-hybridized carbons (Fsp3) is 0. The molecule has 28 heteroatoms. The first kappa shape index (κ1) is 61.2. The molecule has 0 unspecified atom stereocenters. The average molecular weight is 1220 g/mol. The van der Waals surface area contributed by atoms with Crippen molar-refractivity contribution < 1.29 is 0 Å². The molecule has 0 spiro atoms. The highest BCUT2D eigenvalue weighted by Crippen LogP contribution is 2.37. The van der Waals surface area contributed by atoms with Gasteiger partial charge in [0.25, 0.3) is 5.95 Å². The Bertz CT molecular complexity index is 4700. The van der Waals surface area contributed by atoms with Crippen LogP contribution in [0.2, 0.25) is 0 Å². The maximum atomic E-state index is 7.74. The monoisotopic (exact) mass is 1210 g/mol. The highest BCUT2D eigenvalue weighted by molar-refractivity contribution is 6.10. The van der Waals surface area contributed by atoms with Crippen LogP contribution in [0.15, 0.2) is 248 Å². The first-order chi connectivity index (χ1) is 44.6. The Morgan fingerprint density at radius 1 is 0.293 bits per heavy atom. The maximum Gasteiger partial charge on any atom is 0.268 e. The van der Waals surface area contributed by atoms with Crippen molar-refractivity contribution in [2.24, 2.45) is 63.8 Å². The number of aromatic nitrogens is 8. The molecule has 450 valence electrons. The van der Waals surface area contributed by atoms with Gasteiger partial charge >= 0.3 is 0 Å². The Morgan fingerprint density at radius 2 is 0.707 bits per heavy atom. The van der Waals surface area contributed by atoms with Crippen LogP contribution in [-0.4, -0.2) is 63.2 Å². The number of anilines is 4. The standard InChI is InChI=1S/C20H16N6.2C15H13N7.C14H12N8/c21-19(22)16-9-10-17(15-8-4-3-7-14(15)16)25-26-18-13-6-2-1-5-12(13)11-24-20(18)23;16-14(17)12-6-5-10(8-19-12)21-22-13-11-4-2-1-3-9(11)7-20-15(13)18;16-14(17)10-5-6-12(19-8-10)21-22-13-11-4-2-1-3-9(11)7-20-15(13)18;15-12(16)9-6-19-14(20-7-9)22-21-11-10-4-2-1-3-8(10)5-18-13(11)17/h1-11H,(H3,21,22)(H2,23,24);2*1-8H,(H3,16,17)(H2,18,20);1-7H,(H3,15,16)(H2,17,18). The van der Waals surface area contributed by atoms with E-state index in [9.17, 15) is 0 Å². The second-order valence-electron chi connectivity index (χ2n) is 19.5. The second kappa shape index (κ2) is 28.1.